The summed E-state index contributed by atoms with van der Waals surface area (Å²) >= 11 is 0. The summed E-state index contributed by atoms with van der Waals surface area (Å²) in [5, 5.41) is 11.9. The largest absolute Gasteiger partial charge is 0.409 e. The van der Waals surface area contributed by atoms with E-state index in [0.717, 1.165) is 31.3 Å². The first-order valence-corrected chi connectivity index (χ1v) is 8.05. The van der Waals surface area contributed by atoms with Crippen molar-refractivity contribution in [2.75, 3.05) is 13.6 Å². The molecular weight excluding hydrogens is 250 g/mol. The zero-order valence-corrected chi connectivity index (χ0v) is 13.7. The molecule has 4 heteroatoms. The standard InChI is InChI=1S/C16H33N3O/c1-13-7-9-14(10-8-13)19(4)12-6-5-11-16(2,3)15(17)18-20/h13-14,20H,5-12H2,1-4H3,(H2,17,18). The van der Waals surface area contributed by atoms with Crippen LogP contribution in [0.3, 0.4) is 0 Å². The lowest BCUT2D eigenvalue weighted by Crippen LogP contribution is -2.36. The summed E-state index contributed by atoms with van der Waals surface area (Å²) in [6, 6.07) is 0.781. The monoisotopic (exact) mass is 283 g/mol. The molecule has 1 aliphatic carbocycles. The predicted molar refractivity (Wildman–Crippen MR) is 85.1 cm³/mol. The van der Waals surface area contributed by atoms with Gasteiger partial charge in [-0.15, -0.1) is 0 Å². The van der Waals surface area contributed by atoms with Crippen molar-refractivity contribution < 1.29 is 5.21 Å². The second-order valence-corrected chi connectivity index (χ2v) is 7.22. The molecule has 118 valence electrons. The molecule has 20 heavy (non-hydrogen) atoms. The Labute approximate surface area is 124 Å². The molecule has 0 amide bonds. The van der Waals surface area contributed by atoms with Gasteiger partial charge in [0.05, 0.1) is 0 Å². The minimum absolute atomic E-state index is 0.201. The molecule has 0 aromatic carbocycles. The van der Waals surface area contributed by atoms with Crippen molar-refractivity contribution in [1.29, 1.82) is 0 Å². The number of nitrogens with two attached hydrogens (primary N) is 1. The molecule has 4 nitrogen and oxygen atoms in total. The molecule has 1 rings (SSSR count). The summed E-state index contributed by atoms with van der Waals surface area (Å²) in [6.07, 6.45) is 8.75. The Morgan fingerprint density at radius 3 is 2.40 bits per heavy atom. The van der Waals surface area contributed by atoms with Gasteiger partial charge in [-0.25, -0.2) is 0 Å². The van der Waals surface area contributed by atoms with Gasteiger partial charge in [-0.05, 0) is 58.0 Å². The molecule has 0 aromatic rings. The van der Waals surface area contributed by atoms with E-state index in [2.05, 4.69) is 24.0 Å². The Morgan fingerprint density at radius 1 is 1.25 bits per heavy atom. The van der Waals surface area contributed by atoms with E-state index in [1.54, 1.807) is 0 Å². The molecular formula is C16H33N3O. The summed E-state index contributed by atoms with van der Waals surface area (Å²) in [6.45, 7) is 7.60. The quantitative estimate of drug-likeness (QED) is 0.247. The number of rotatable bonds is 7. The molecule has 0 heterocycles. The molecule has 1 saturated carbocycles. The maximum absolute atomic E-state index is 8.76. The van der Waals surface area contributed by atoms with Gasteiger partial charge in [0.2, 0.25) is 0 Å². The van der Waals surface area contributed by atoms with Gasteiger partial charge in [0.1, 0.15) is 5.84 Å². The zero-order valence-electron chi connectivity index (χ0n) is 13.7. The van der Waals surface area contributed by atoms with Crippen LogP contribution >= 0.6 is 0 Å². The summed E-state index contributed by atoms with van der Waals surface area (Å²) in [4.78, 5) is 2.53. The maximum Gasteiger partial charge on any atom is 0.144 e. The average Bonchev–Trinajstić information content (AvgIpc) is 2.43. The Hall–Kier alpha value is -0.770. The molecule has 0 unspecified atom stereocenters. The summed E-state index contributed by atoms with van der Waals surface area (Å²) in [7, 11) is 2.26. The first-order chi connectivity index (χ1) is 9.36. The van der Waals surface area contributed by atoms with Crippen molar-refractivity contribution >= 4 is 5.84 Å². The summed E-state index contributed by atoms with van der Waals surface area (Å²) < 4.78 is 0. The lowest BCUT2D eigenvalue weighted by molar-refractivity contribution is 0.166. The van der Waals surface area contributed by atoms with Crippen LogP contribution in [0, 0.1) is 11.3 Å². The lowest BCUT2D eigenvalue weighted by Gasteiger charge is -2.33. The van der Waals surface area contributed by atoms with Gasteiger partial charge in [0, 0.05) is 11.5 Å². The highest BCUT2D eigenvalue weighted by Crippen LogP contribution is 2.27. The fourth-order valence-electron chi connectivity index (χ4n) is 3.06. The SMILES string of the molecule is CC1CCC(N(C)CCCCC(C)(C)C(N)=NO)CC1. The third kappa shape index (κ3) is 5.31. The molecule has 0 aromatic heterocycles. The van der Waals surface area contributed by atoms with Crippen LogP contribution < -0.4 is 5.73 Å². The third-order valence-corrected chi connectivity index (χ3v) is 4.97. The van der Waals surface area contributed by atoms with Gasteiger partial charge < -0.3 is 15.8 Å². The fraction of sp³-hybridized carbons (Fsp3) is 0.938. The van der Waals surface area contributed by atoms with Gasteiger partial charge in [0.15, 0.2) is 0 Å². The van der Waals surface area contributed by atoms with Crippen LogP contribution in [-0.4, -0.2) is 35.6 Å². The molecule has 3 N–H and O–H groups in total. The van der Waals surface area contributed by atoms with Crippen LogP contribution in [0.4, 0.5) is 0 Å². The normalized spacial score (nSPS) is 25.1. The summed E-state index contributed by atoms with van der Waals surface area (Å²) in [5.74, 6) is 1.26. The van der Waals surface area contributed by atoms with Crippen molar-refractivity contribution in [2.24, 2.45) is 22.2 Å². The van der Waals surface area contributed by atoms with E-state index in [1.807, 2.05) is 13.8 Å². The van der Waals surface area contributed by atoms with E-state index in [1.165, 1.54) is 32.1 Å². The van der Waals surface area contributed by atoms with E-state index in [4.69, 9.17) is 10.9 Å². The lowest BCUT2D eigenvalue weighted by atomic mass is 9.85. The molecule has 0 atom stereocenters. The van der Waals surface area contributed by atoms with E-state index < -0.39 is 0 Å². The number of hydrogen-bond donors (Lipinski definition) is 2. The summed E-state index contributed by atoms with van der Waals surface area (Å²) in [5.41, 5.74) is 5.51. The smallest absolute Gasteiger partial charge is 0.144 e. The minimum Gasteiger partial charge on any atom is -0.409 e. The number of oxime groups is 1. The number of nitrogens with zero attached hydrogens (tertiary/aromatic N) is 2. The number of hydrogen-bond acceptors (Lipinski definition) is 3. The van der Waals surface area contributed by atoms with Crippen LogP contribution in [0.1, 0.15) is 65.7 Å². The highest BCUT2D eigenvalue weighted by atomic mass is 16.4. The van der Waals surface area contributed by atoms with E-state index in [9.17, 15) is 0 Å². The molecule has 0 aliphatic heterocycles. The van der Waals surface area contributed by atoms with Crippen LogP contribution in [0.25, 0.3) is 0 Å². The van der Waals surface area contributed by atoms with Gasteiger partial charge in [-0.2, -0.15) is 0 Å². The number of amidine groups is 1. The number of unbranched alkanes of at least 4 members (excludes halogenated alkanes) is 1. The van der Waals surface area contributed by atoms with Gasteiger partial charge >= 0.3 is 0 Å². The van der Waals surface area contributed by atoms with Crippen LogP contribution in [-0.2, 0) is 0 Å². The van der Waals surface area contributed by atoms with Crippen molar-refractivity contribution in [1.82, 2.24) is 4.90 Å². The zero-order chi connectivity index (χ0) is 15.2. The van der Waals surface area contributed by atoms with Crippen LogP contribution in [0.2, 0.25) is 0 Å². The Balaban J connectivity index is 2.21. The van der Waals surface area contributed by atoms with Crippen molar-refractivity contribution in [3.63, 3.8) is 0 Å². The molecule has 0 spiro atoms. The van der Waals surface area contributed by atoms with Crippen molar-refractivity contribution in [3.05, 3.63) is 0 Å². The highest BCUT2D eigenvalue weighted by molar-refractivity contribution is 5.85. The third-order valence-electron chi connectivity index (χ3n) is 4.97. The van der Waals surface area contributed by atoms with Gasteiger partial charge in [-0.3, -0.25) is 0 Å². The predicted octanol–water partition coefficient (Wildman–Crippen LogP) is 3.44. The Morgan fingerprint density at radius 2 is 1.85 bits per heavy atom. The minimum atomic E-state index is -0.201. The molecule has 0 saturated heterocycles. The van der Waals surface area contributed by atoms with Crippen LogP contribution in [0.15, 0.2) is 5.16 Å². The maximum atomic E-state index is 8.76. The first-order valence-electron chi connectivity index (χ1n) is 8.05. The molecule has 1 aliphatic rings. The Bertz CT molecular complexity index is 307. The van der Waals surface area contributed by atoms with Gasteiger partial charge in [-0.1, -0.05) is 32.3 Å². The molecule has 0 radical (unpaired) electrons. The van der Waals surface area contributed by atoms with Crippen molar-refractivity contribution in [2.45, 2.75) is 71.8 Å². The highest BCUT2D eigenvalue weighted by Gasteiger charge is 2.24. The topological polar surface area (TPSA) is 61.8 Å². The van der Waals surface area contributed by atoms with Crippen molar-refractivity contribution in [3.8, 4) is 0 Å². The second kappa shape index (κ2) is 7.87. The van der Waals surface area contributed by atoms with Crippen LogP contribution in [0.5, 0.6) is 0 Å². The average molecular weight is 283 g/mol. The Kier molecular flexibility index (Phi) is 6.80. The molecule has 0 bridgehead atoms. The van der Waals surface area contributed by atoms with E-state index >= 15 is 0 Å². The fourth-order valence-corrected chi connectivity index (χ4v) is 3.06. The molecule has 1 fully saturated rings. The van der Waals surface area contributed by atoms with E-state index in [-0.39, 0.29) is 5.41 Å². The van der Waals surface area contributed by atoms with Gasteiger partial charge in [0.25, 0.3) is 0 Å². The van der Waals surface area contributed by atoms with E-state index in [0.29, 0.717) is 5.84 Å². The first kappa shape index (κ1) is 17.3. The second-order valence-electron chi connectivity index (χ2n) is 7.22.